The van der Waals surface area contributed by atoms with Crippen LogP contribution in [0.3, 0.4) is 0 Å². The van der Waals surface area contributed by atoms with Gasteiger partial charge in [0.1, 0.15) is 5.82 Å². The van der Waals surface area contributed by atoms with Gasteiger partial charge in [0.05, 0.1) is 0 Å². The molecule has 0 saturated carbocycles. The van der Waals surface area contributed by atoms with Crippen molar-refractivity contribution in [3.05, 3.63) is 58.0 Å². The van der Waals surface area contributed by atoms with E-state index in [1.54, 1.807) is 24.5 Å². The van der Waals surface area contributed by atoms with E-state index in [1.807, 2.05) is 6.07 Å². The van der Waals surface area contributed by atoms with Crippen molar-refractivity contribution in [3.8, 4) is 0 Å². The molecule has 1 aromatic heterocycles. The number of rotatable bonds is 5. The second-order valence-corrected chi connectivity index (χ2v) is 6.72. The van der Waals surface area contributed by atoms with Crippen LogP contribution in [0.5, 0.6) is 0 Å². The largest absolute Gasteiger partial charge is 0.356 e. The molecule has 0 unspecified atom stereocenters. The molecule has 0 amide bonds. The number of nitrogens with zero attached hydrogens (tertiary/aromatic N) is 1. The van der Waals surface area contributed by atoms with E-state index in [0.29, 0.717) is 12.5 Å². The summed E-state index contributed by atoms with van der Waals surface area (Å²) >= 11 is 1.76. The fraction of sp³-hybridized carbons (Fsp3) is 0.353. The van der Waals surface area contributed by atoms with E-state index in [9.17, 15) is 4.39 Å². The summed E-state index contributed by atoms with van der Waals surface area (Å²) in [5, 5.41) is 8.63. The standard InChI is InChI=1S/C17H22FN3S.HI/c1-17(2,15-8-5-9-22-15)12-21-16(19-3)20-11-13-6-4-7-14(18)10-13;/h4-10H,11-12H2,1-3H3,(H2,19,20,21);1H. The Morgan fingerprint density at radius 1 is 1.22 bits per heavy atom. The highest BCUT2D eigenvalue weighted by atomic mass is 127. The van der Waals surface area contributed by atoms with Crippen LogP contribution in [0.1, 0.15) is 24.3 Å². The molecule has 0 spiro atoms. The van der Waals surface area contributed by atoms with Gasteiger partial charge in [0.2, 0.25) is 0 Å². The average molecular weight is 447 g/mol. The zero-order chi connectivity index (χ0) is 16.0. The molecule has 0 fully saturated rings. The van der Waals surface area contributed by atoms with Crippen molar-refractivity contribution in [2.45, 2.75) is 25.8 Å². The highest BCUT2D eigenvalue weighted by Gasteiger charge is 2.21. The van der Waals surface area contributed by atoms with Gasteiger partial charge in [-0.25, -0.2) is 4.39 Å². The summed E-state index contributed by atoms with van der Waals surface area (Å²) in [6.07, 6.45) is 0. The number of hydrogen-bond donors (Lipinski definition) is 2. The maximum atomic E-state index is 13.2. The molecule has 0 saturated heterocycles. The van der Waals surface area contributed by atoms with Crippen LogP contribution >= 0.6 is 35.3 Å². The molecule has 6 heteroatoms. The highest BCUT2D eigenvalue weighted by Crippen LogP contribution is 2.26. The Hall–Kier alpha value is -1.15. The molecule has 2 aromatic rings. The second-order valence-electron chi connectivity index (χ2n) is 5.77. The molecule has 0 bridgehead atoms. The van der Waals surface area contributed by atoms with Crippen molar-refractivity contribution < 1.29 is 4.39 Å². The fourth-order valence-electron chi connectivity index (χ4n) is 2.11. The number of hydrogen-bond acceptors (Lipinski definition) is 2. The van der Waals surface area contributed by atoms with Gasteiger partial charge in [0.15, 0.2) is 5.96 Å². The Balaban J connectivity index is 0.00000264. The van der Waals surface area contributed by atoms with Gasteiger partial charge in [-0.15, -0.1) is 35.3 Å². The number of thiophene rings is 1. The minimum atomic E-state index is -0.221. The van der Waals surface area contributed by atoms with Gasteiger partial charge in [-0.2, -0.15) is 0 Å². The first-order valence-corrected chi connectivity index (χ1v) is 8.12. The Bertz CT molecular complexity index is 627. The molecule has 3 nitrogen and oxygen atoms in total. The van der Waals surface area contributed by atoms with Crippen LogP contribution in [0.4, 0.5) is 4.39 Å². The lowest BCUT2D eigenvalue weighted by Gasteiger charge is -2.25. The summed E-state index contributed by atoms with van der Waals surface area (Å²) in [7, 11) is 1.74. The molecule has 1 aromatic carbocycles. The summed E-state index contributed by atoms with van der Waals surface area (Å²) < 4.78 is 13.2. The smallest absolute Gasteiger partial charge is 0.191 e. The third kappa shape index (κ3) is 6.10. The topological polar surface area (TPSA) is 36.4 Å². The first kappa shape index (κ1) is 19.9. The number of guanidine groups is 1. The molecule has 2 N–H and O–H groups in total. The number of halogens is 2. The molecule has 0 atom stereocenters. The van der Waals surface area contributed by atoms with Gasteiger partial charge in [-0.1, -0.05) is 32.0 Å². The predicted octanol–water partition coefficient (Wildman–Crippen LogP) is 4.15. The summed E-state index contributed by atoms with van der Waals surface area (Å²) in [6, 6.07) is 10.8. The third-order valence-corrected chi connectivity index (χ3v) is 4.69. The maximum Gasteiger partial charge on any atom is 0.191 e. The van der Waals surface area contributed by atoms with E-state index in [2.05, 4.69) is 47.0 Å². The third-order valence-electron chi connectivity index (χ3n) is 3.46. The fourth-order valence-corrected chi connectivity index (χ4v) is 2.96. The monoisotopic (exact) mass is 447 g/mol. The van der Waals surface area contributed by atoms with Crippen LogP contribution < -0.4 is 10.6 Å². The molecule has 23 heavy (non-hydrogen) atoms. The zero-order valence-electron chi connectivity index (χ0n) is 13.6. The van der Waals surface area contributed by atoms with Gasteiger partial charge in [0, 0.05) is 30.4 Å². The molecule has 0 aliphatic rings. The molecule has 1 heterocycles. The molecule has 0 aliphatic heterocycles. The molecule has 0 aliphatic carbocycles. The Labute approximate surface area is 158 Å². The van der Waals surface area contributed by atoms with Gasteiger partial charge in [-0.05, 0) is 29.1 Å². The van der Waals surface area contributed by atoms with E-state index in [1.165, 1.54) is 17.0 Å². The Kier molecular flexibility index (Phi) is 7.98. The molecular weight excluding hydrogens is 424 g/mol. The van der Waals surface area contributed by atoms with Crippen molar-refractivity contribution in [2.24, 2.45) is 4.99 Å². The minimum Gasteiger partial charge on any atom is -0.356 e. The normalized spacial score (nSPS) is 11.7. The van der Waals surface area contributed by atoms with E-state index in [-0.39, 0.29) is 35.2 Å². The lowest BCUT2D eigenvalue weighted by molar-refractivity contribution is 0.518. The molecule has 126 valence electrons. The SMILES string of the molecule is CN=C(NCc1cccc(F)c1)NCC(C)(C)c1cccs1.I. The van der Waals surface area contributed by atoms with Gasteiger partial charge in [0.25, 0.3) is 0 Å². The minimum absolute atomic E-state index is 0. The van der Waals surface area contributed by atoms with Crippen molar-refractivity contribution in [1.29, 1.82) is 0 Å². The Morgan fingerprint density at radius 2 is 2.00 bits per heavy atom. The number of nitrogens with one attached hydrogen (secondary N) is 2. The molecular formula is C17H23FIN3S. The van der Waals surface area contributed by atoms with Crippen molar-refractivity contribution in [2.75, 3.05) is 13.6 Å². The van der Waals surface area contributed by atoms with Crippen LogP contribution in [-0.4, -0.2) is 19.6 Å². The van der Waals surface area contributed by atoms with E-state index in [0.717, 1.165) is 12.1 Å². The summed E-state index contributed by atoms with van der Waals surface area (Å²) in [6.45, 7) is 5.71. The molecule has 2 rings (SSSR count). The summed E-state index contributed by atoms with van der Waals surface area (Å²) in [4.78, 5) is 5.55. The zero-order valence-corrected chi connectivity index (χ0v) is 16.7. The van der Waals surface area contributed by atoms with Crippen molar-refractivity contribution >= 4 is 41.3 Å². The Morgan fingerprint density at radius 3 is 2.61 bits per heavy atom. The average Bonchev–Trinajstić information content (AvgIpc) is 3.02. The number of aliphatic imine (C=N–C) groups is 1. The quantitative estimate of drug-likeness (QED) is 0.411. The first-order chi connectivity index (χ1) is 10.5. The van der Waals surface area contributed by atoms with Crippen molar-refractivity contribution in [3.63, 3.8) is 0 Å². The lowest BCUT2D eigenvalue weighted by atomic mass is 9.91. The summed E-state index contributed by atoms with van der Waals surface area (Å²) in [5.74, 6) is 0.495. The lowest BCUT2D eigenvalue weighted by Crippen LogP contribution is -2.42. The van der Waals surface area contributed by atoms with E-state index in [4.69, 9.17) is 0 Å². The van der Waals surface area contributed by atoms with E-state index >= 15 is 0 Å². The predicted molar refractivity (Wildman–Crippen MR) is 107 cm³/mol. The van der Waals surface area contributed by atoms with Crippen LogP contribution in [0, 0.1) is 5.82 Å². The van der Waals surface area contributed by atoms with Crippen molar-refractivity contribution in [1.82, 2.24) is 10.6 Å². The second kappa shape index (κ2) is 9.22. The number of benzene rings is 1. The van der Waals surface area contributed by atoms with Crippen LogP contribution in [-0.2, 0) is 12.0 Å². The van der Waals surface area contributed by atoms with Crippen LogP contribution in [0.15, 0.2) is 46.8 Å². The molecule has 0 radical (unpaired) electrons. The van der Waals surface area contributed by atoms with Gasteiger partial charge in [-0.3, -0.25) is 4.99 Å². The van der Waals surface area contributed by atoms with Gasteiger partial charge < -0.3 is 10.6 Å². The highest BCUT2D eigenvalue weighted by molar-refractivity contribution is 14.0. The van der Waals surface area contributed by atoms with Crippen LogP contribution in [0.25, 0.3) is 0 Å². The first-order valence-electron chi connectivity index (χ1n) is 7.24. The van der Waals surface area contributed by atoms with Gasteiger partial charge >= 0.3 is 0 Å². The summed E-state index contributed by atoms with van der Waals surface area (Å²) in [5.41, 5.74) is 0.922. The van der Waals surface area contributed by atoms with Crippen LogP contribution in [0.2, 0.25) is 0 Å². The maximum absolute atomic E-state index is 13.2. The van der Waals surface area contributed by atoms with E-state index < -0.39 is 0 Å².